The van der Waals surface area contributed by atoms with Gasteiger partial charge in [-0.25, -0.2) is 14.8 Å². The van der Waals surface area contributed by atoms with E-state index in [1.807, 2.05) is 72.8 Å². The van der Waals surface area contributed by atoms with Crippen molar-refractivity contribution in [3.63, 3.8) is 0 Å². The van der Waals surface area contributed by atoms with Crippen molar-refractivity contribution in [3.8, 4) is 34.3 Å². The Balaban J connectivity index is 1.47. The van der Waals surface area contributed by atoms with E-state index in [2.05, 4.69) is 9.97 Å². The molecule has 2 aromatic heterocycles. The summed E-state index contributed by atoms with van der Waals surface area (Å²) in [5, 5.41) is 0. The Morgan fingerprint density at radius 2 is 0.964 bits per heavy atom. The predicted molar refractivity (Wildman–Crippen MR) is 106 cm³/mol. The van der Waals surface area contributed by atoms with Gasteiger partial charge in [0, 0.05) is 23.3 Å². The van der Waals surface area contributed by atoms with E-state index in [1.54, 1.807) is 24.3 Å². The topological polar surface area (TPSA) is 61.3 Å². The summed E-state index contributed by atoms with van der Waals surface area (Å²) >= 11 is 0. The van der Waals surface area contributed by atoms with Crippen LogP contribution in [0.15, 0.2) is 97.1 Å². The standard InChI is InChI=1S/C23H16N2O3/c26-23(27-21-15-7-13-19(24-21)17-9-3-1-4-10-17)28-22-16-8-14-20(25-22)18-11-5-2-6-12-18/h1-16H. The maximum atomic E-state index is 12.2. The van der Waals surface area contributed by atoms with E-state index in [1.165, 1.54) is 0 Å². The Morgan fingerprint density at radius 1 is 0.536 bits per heavy atom. The zero-order valence-corrected chi connectivity index (χ0v) is 14.9. The molecule has 0 N–H and O–H groups in total. The van der Waals surface area contributed by atoms with Gasteiger partial charge in [0.25, 0.3) is 0 Å². The molecule has 4 aromatic rings. The molecule has 0 saturated carbocycles. The smallest absolute Gasteiger partial charge is 0.376 e. The zero-order valence-electron chi connectivity index (χ0n) is 14.9. The van der Waals surface area contributed by atoms with Gasteiger partial charge in [-0.3, -0.25) is 0 Å². The lowest BCUT2D eigenvalue weighted by Crippen LogP contribution is -2.15. The molecule has 5 heteroatoms. The minimum atomic E-state index is -0.893. The van der Waals surface area contributed by atoms with Crippen LogP contribution in [0.25, 0.3) is 22.5 Å². The van der Waals surface area contributed by atoms with Crippen molar-refractivity contribution in [2.75, 3.05) is 0 Å². The lowest BCUT2D eigenvalue weighted by molar-refractivity contribution is 0.148. The van der Waals surface area contributed by atoms with Crippen LogP contribution in [0, 0.1) is 0 Å². The fourth-order valence-electron chi connectivity index (χ4n) is 2.67. The molecule has 0 unspecified atom stereocenters. The van der Waals surface area contributed by atoms with Crippen LogP contribution in [-0.2, 0) is 0 Å². The van der Waals surface area contributed by atoms with Crippen molar-refractivity contribution < 1.29 is 14.3 Å². The molecule has 0 radical (unpaired) electrons. The third-order valence-electron chi connectivity index (χ3n) is 3.96. The van der Waals surface area contributed by atoms with Crippen molar-refractivity contribution in [1.82, 2.24) is 9.97 Å². The molecule has 4 rings (SSSR count). The molecular weight excluding hydrogens is 352 g/mol. The van der Waals surface area contributed by atoms with E-state index >= 15 is 0 Å². The van der Waals surface area contributed by atoms with Gasteiger partial charge in [-0.15, -0.1) is 0 Å². The number of hydrogen-bond donors (Lipinski definition) is 0. The number of carbonyl (C=O) groups excluding carboxylic acids is 1. The van der Waals surface area contributed by atoms with E-state index in [4.69, 9.17) is 9.47 Å². The summed E-state index contributed by atoms with van der Waals surface area (Å²) in [6.45, 7) is 0. The third-order valence-corrected chi connectivity index (χ3v) is 3.96. The largest absolute Gasteiger partial charge is 0.522 e. The minimum Gasteiger partial charge on any atom is -0.376 e. The third kappa shape index (κ3) is 4.22. The van der Waals surface area contributed by atoms with Crippen LogP contribution < -0.4 is 9.47 Å². The van der Waals surface area contributed by atoms with Crippen LogP contribution in [0.4, 0.5) is 4.79 Å². The first-order chi connectivity index (χ1) is 13.8. The fraction of sp³-hybridized carbons (Fsp3) is 0. The number of nitrogens with zero attached hydrogens (tertiary/aromatic N) is 2. The first-order valence-corrected chi connectivity index (χ1v) is 8.72. The Morgan fingerprint density at radius 3 is 1.39 bits per heavy atom. The minimum absolute atomic E-state index is 0.158. The Labute approximate surface area is 162 Å². The number of carbonyl (C=O) groups is 1. The molecule has 136 valence electrons. The molecule has 0 aliphatic rings. The van der Waals surface area contributed by atoms with Crippen LogP contribution >= 0.6 is 0 Å². The number of hydrogen-bond acceptors (Lipinski definition) is 5. The van der Waals surface area contributed by atoms with Crippen molar-refractivity contribution >= 4 is 6.16 Å². The molecule has 2 aromatic carbocycles. The number of pyridine rings is 2. The average molecular weight is 368 g/mol. The lowest BCUT2D eigenvalue weighted by Gasteiger charge is -2.07. The first-order valence-electron chi connectivity index (χ1n) is 8.72. The second kappa shape index (κ2) is 8.14. The number of benzene rings is 2. The van der Waals surface area contributed by atoms with Gasteiger partial charge in [0.1, 0.15) is 0 Å². The van der Waals surface area contributed by atoms with Gasteiger partial charge in [-0.2, -0.15) is 0 Å². The molecule has 2 heterocycles. The van der Waals surface area contributed by atoms with Gasteiger partial charge < -0.3 is 9.47 Å². The molecule has 0 amide bonds. The molecule has 28 heavy (non-hydrogen) atoms. The van der Waals surface area contributed by atoms with Crippen LogP contribution in [0.5, 0.6) is 11.8 Å². The maximum Gasteiger partial charge on any atom is 0.522 e. The second-order valence-corrected chi connectivity index (χ2v) is 5.91. The summed E-state index contributed by atoms with van der Waals surface area (Å²) in [6.07, 6.45) is -0.893. The highest BCUT2D eigenvalue weighted by Crippen LogP contribution is 2.21. The van der Waals surface area contributed by atoms with E-state index in [9.17, 15) is 4.79 Å². The molecule has 0 bridgehead atoms. The summed E-state index contributed by atoms with van der Waals surface area (Å²) in [5.74, 6) is 0.316. The summed E-state index contributed by atoms with van der Waals surface area (Å²) in [6, 6.07) is 29.7. The highest BCUT2D eigenvalue weighted by atomic mass is 16.7. The van der Waals surface area contributed by atoms with Crippen LogP contribution in [0.2, 0.25) is 0 Å². The number of rotatable bonds is 4. The van der Waals surface area contributed by atoms with Crippen LogP contribution in [0.3, 0.4) is 0 Å². The molecule has 0 spiro atoms. The van der Waals surface area contributed by atoms with Crippen LogP contribution in [0.1, 0.15) is 0 Å². The number of aromatic nitrogens is 2. The summed E-state index contributed by atoms with van der Waals surface area (Å²) < 4.78 is 10.4. The monoisotopic (exact) mass is 368 g/mol. The van der Waals surface area contributed by atoms with E-state index in [0.29, 0.717) is 11.4 Å². The molecule has 0 aliphatic carbocycles. The van der Waals surface area contributed by atoms with Gasteiger partial charge in [-0.05, 0) is 12.1 Å². The SMILES string of the molecule is O=C(Oc1cccc(-c2ccccc2)n1)Oc1cccc(-c2ccccc2)n1. The van der Waals surface area contributed by atoms with E-state index in [0.717, 1.165) is 11.1 Å². The van der Waals surface area contributed by atoms with Crippen molar-refractivity contribution in [2.45, 2.75) is 0 Å². The van der Waals surface area contributed by atoms with Crippen LogP contribution in [-0.4, -0.2) is 16.1 Å². The molecule has 0 atom stereocenters. The Kier molecular flexibility index (Phi) is 5.06. The highest BCUT2D eigenvalue weighted by Gasteiger charge is 2.11. The van der Waals surface area contributed by atoms with Crippen molar-refractivity contribution in [2.24, 2.45) is 0 Å². The molecule has 5 nitrogen and oxygen atoms in total. The second-order valence-electron chi connectivity index (χ2n) is 5.91. The van der Waals surface area contributed by atoms with Gasteiger partial charge in [0.05, 0.1) is 11.4 Å². The lowest BCUT2D eigenvalue weighted by atomic mass is 10.1. The predicted octanol–water partition coefficient (Wildman–Crippen LogP) is 5.39. The van der Waals surface area contributed by atoms with Gasteiger partial charge >= 0.3 is 6.16 Å². The van der Waals surface area contributed by atoms with Crippen molar-refractivity contribution in [3.05, 3.63) is 97.1 Å². The van der Waals surface area contributed by atoms with Gasteiger partial charge in [-0.1, -0.05) is 72.8 Å². The quantitative estimate of drug-likeness (QED) is 0.452. The molecule has 0 saturated heterocycles. The normalized spacial score (nSPS) is 10.3. The van der Waals surface area contributed by atoms with Crippen molar-refractivity contribution in [1.29, 1.82) is 0 Å². The summed E-state index contributed by atoms with van der Waals surface area (Å²) in [5.41, 5.74) is 3.27. The molecule has 0 fully saturated rings. The average Bonchev–Trinajstić information content (AvgIpc) is 2.75. The Hall–Kier alpha value is -3.99. The van der Waals surface area contributed by atoms with E-state index in [-0.39, 0.29) is 11.8 Å². The van der Waals surface area contributed by atoms with E-state index < -0.39 is 6.16 Å². The first kappa shape index (κ1) is 17.4. The summed E-state index contributed by atoms with van der Waals surface area (Å²) in [7, 11) is 0. The van der Waals surface area contributed by atoms with Gasteiger partial charge in [0.2, 0.25) is 11.8 Å². The summed E-state index contributed by atoms with van der Waals surface area (Å²) in [4.78, 5) is 20.8. The van der Waals surface area contributed by atoms with Gasteiger partial charge in [0.15, 0.2) is 0 Å². The highest BCUT2D eigenvalue weighted by molar-refractivity contribution is 5.67. The molecule has 0 aliphatic heterocycles. The number of ether oxygens (including phenoxy) is 2. The maximum absolute atomic E-state index is 12.2. The molecular formula is C23H16N2O3. The zero-order chi connectivity index (χ0) is 19.2. The Bertz CT molecular complexity index is 996. The fourth-order valence-corrected chi connectivity index (χ4v) is 2.67.